The van der Waals surface area contributed by atoms with E-state index in [2.05, 4.69) is 15.4 Å². The van der Waals surface area contributed by atoms with Crippen molar-refractivity contribution in [3.05, 3.63) is 0 Å². The molecular weight excluding hydrogens is 148 g/mol. The van der Waals surface area contributed by atoms with E-state index in [-0.39, 0.29) is 17.9 Å². The Balaban J connectivity index is 2.39. The smallest absolute Gasteiger partial charge is 0.314 e. The van der Waals surface area contributed by atoms with Crippen molar-refractivity contribution < 1.29 is 14.3 Å². The third kappa shape index (κ3) is 1.83. The first-order valence-corrected chi connectivity index (χ1v) is 3.33. The zero-order valence-electron chi connectivity index (χ0n) is 6.22. The predicted molar refractivity (Wildman–Crippen MR) is 36.9 cm³/mol. The first kappa shape index (κ1) is 7.84. The van der Waals surface area contributed by atoms with Crippen molar-refractivity contribution in [3.63, 3.8) is 0 Å². The Hall–Kier alpha value is -1.26. The van der Waals surface area contributed by atoms with Gasteiger partial charge in [-0.15, -0.1) is 0 Å². The van der Waals surface area contributed by atoms with Gasteiger partial charge in [-0.05, 0) is 0 Å². The molecule has 0 aromatic heterocycles. The van der Waals surface area contributed by atoms with Gasteiger partial charge in [0, 0.05) is 13.1 Å². The minimum Gasteiger partial charge on any atom is -0.469 e. The standard InChI is InChI=1S/C6H10N2O3/c1-11-5(9)4-2-7-6(10)8-3-4/h4H,2-3H2,1H3,(H2,7,8,10). The molecule has 0 saturated carbocycles. The molecule has 5 nitrogen and oxygen atoms in total. The summed E-state index contributed by atoms with van der Waals surface area (Å²) in [5, 5.41) is 4.99. The quantitative estimate of drug-likeness (QED) is 0.485. The lowest BCUT2D eigenvalue weighted by Gasteiger charge is -2.21. The van der Waals surface area contributed by atoms with Crippen LogP contribution in [0, 0.1) is 5.92 Å². The highest BCUT2D eigenvalue weighted by Crippen LogP contribution is 1.99. The molecule has 0 bridgehead atoms. The van der Waals surface area contributed by atoms with Gasteiger partial charge in [-0.3, -0.25) is 4.79 Å². The van der Waals surface area contributed by atoms with Gasteiger partial charge in [-0.2, -0.15) is 0 Å². The van der Waals surface area contributed by atoms with Crippen molar-refractivity contribution in [2.24, 2.45) is 5.92 Å². The van der Waals surface area contributed by atoms with Crippen LogP contribution in [0.2, 0.25) is 0 Å². The molecule has 5 heteroatoms. The monoisotopic (exact) mass is 158 g/mol. The minimum absolute atomic E-state index is 0.231. The second-order valence-corrected chi connectivity index (χ2v) is 2.31. The average Bonchev–Trinajstić information content (AvgIpc) is 2.05. The van der Waals surface area contributed by atoms with E-state index in [4.69, 9.17) is 0 Å². The van der Waals surface area contributed by atoms with Crippen molar-refractivity contribution in [1.82, 2.24) is 10.6 Å². The van der Waals surface area contributed by atoms with Gasteiger partial charge in [-0.1, -0.05) is 0 Å². The van der Waals surface area contributed by atoms with Crippen LogP contribution in [0.5, 0.6) is 0 Å². The number of carbonyl (C=O) groups excluding carboxylic acids is 2. The lowest BCUT2D eigenvalue weighted by molar-refractivity contribution is -0.145. The molecule has 1 rings (SSSR count). The van der Waals surface area contributed by atoms with Crippen LogP contribution in [0.1, 0.15) is 0 Å². The Bertz CT molecular complexity index is 171. The zero-order valence-corrected chi connectivity index (χ0v) is 6.22. The van der Waals surface area contributed by atoms with E-state index in [9.17, 15) is 9.59 Å². The van der Waals surface area contributed by atoms with E-state index in [0.29, 0.717) is 13.1 Å². The fraction of sp³-hybridized carbons (Fsp3) is 0.667. The first-order chi connectivity index (χ1) is 5.24. The van der Waals surface area contributed by atoms with Gasteiger partial charge < -0.3 is 15.4 Å². The van der Waals surface area contributed by atoms with Crippen LogP contribution >= 0.6 is 0 Å². The predicted octanol–water partition coefficient (Wildman–Crippen LogP) is -0.912. The molecule has 11 heavy (non-hydrogen) atoms. The number of carbonyl (C=O) groups is 2. The fourth-order valence-electron chi connectivity index (χ4n) is 0.900. The third-order valence-electron chi connectivity index (χ3n) is 1.55. The molecule has 0 aromatic rings. The van der Waals surface area contributed by atoms with E-state index in [1.165, 1.54) is 7.11 Å². The molecule has 0 aliphatic carbocycles. The summed E-state index contributed by atoms with van der Waals surface area (Å²) in [5.41, 5.74) is 0. The molecule has 2 amide bonds. The maximum Gasteiger partial charge on any atom is 0.314 e. The van der Waals surface area contributed by atoms with Gasteiger partial charge in [0.25, 0.3) is 0 Å². The van der Waals surface area contributed by atoms with Gasteiger partial charge in [0.2, 0.25) is 0 Å². The second kappa shape index (κ2) is 3.23. The van der Waals surface area contributed by atoms with E-state index in [1.54, 1.807) is 0 Å². The number of rotatable bonds is 1. The first-order valence-electron chi connectivity index (χ1n) is 3.33. The van der Waals surface area contributed by atoms with Crippen LogP contribution < -0.4 is 10.6 Å². The highest BCUT2D eigenvalue weighted by molar-refractivity contribution is 5.79. The highest BCUT2D eigenvalue weighted by Gasteiger charge is 2.24. The SMILES string of the molecule is COC(=O)C1CNC(=O)NC1. The minimum atomic E-state index is -0.294. The molecule has 0 atom stereocenters. The molecule has 0 spiro atoms. The number of esters is 1. The summed E-state index contributed by atoms with van der Waals surface area (Å²) in [4.78, 5) is 21.4. The van der Waals surface area contributed by atoms with Crippen molar-refractivity contribution >= 4 is 12.0 Å². The van der Waals surface area contributed by atoms with Crippen molar-refractivity contribution in [1.29, 1.82) is 0 Å². The molecule has 1 saturated heterocycles. The van der Waals surface area contributed by atoms with Crippen LogP contribution in [-0.4, -0.2) is 32.2 Å². The molecule has 0 radical (unpaired) electrons. The largest absolute Gasteiger partial charge is 0.469 e. The summed E-state index contributed by atoms with van der Waals surface area (Å²) < 4.78 is 4.49. The number of amides is 2. The molecular formula is C6H10N2O3. The van der Waals surface area contributed by atoms with E-state index in [1.807, 2.05) is 0 Å². The Morgan fingerprint density at radius 2 is 2.09 bits per heavy atom. The Morgan fingerprint density at radius 1 is 1.55 bits per heavy atom. The van der Waals surface area contributed by atoms with Gasteiger partial charge in [0.15, 0.2) is 0 Å². The van der Waals surface area contributed by atoms with Crippen molar-refractivity contribution in [3.8, 4) is 0 Å². The zero-order chi connectivity index (χ0) is 8.27. The second-order valence-electron chi connectivity index (χ2n) is 2.31. The van der Waals surface area contributed by atoms with Crippen LogP contribution in [-0.2, 0) is 9.53 Å². The van der Waals surface area contributed by atoms with E-state index in [0.717, 1.165) is 0 Å². The summed E-state index contributed by atoms with van der Waals surface area (Å²) in [6.07, 6.45) is 0. The summed E-state index contributed by atoms with van der Waals surface area (Å²) >= 11 is 0. The summed E-state index contributed by atoms with van der Waals surface area (Å²) in [6.45, 7) is 0.719. The van der Waals surface area contributed by atoms with Gasteiger partial charge in [-0.25, -0.2) is 4.79 Å². The third-order valence-corrected chi connectivity index (χ3v) is 1.55. The molecule has 62 valence electrons. The van der Waals surface area contributed by atoms with Crippen molar-refractivity contribution in [2.75, 3.05) is 20.2 Å². The number of urea groups is 1. The van der Waals surface area contributed by atoms with Crippen LogP contribution in [0.3, 0.4) is 0 Å². The average molecular weight is 158 g/mol. The van der Waals surface area contributed by atoms with Crippen LogP contribution in [0.15, 0.2) is 0 Å². The van der Waals surface area contributed by atoms with E-state index >= 15 is 0 Å². The molecule has 1 aliphatic heterocycles. The maximum absolute atomic E-state index is 10.9. The van der Waals surface area contributed by atoms with E-state index < -0.39 is 0 Å². The molecule has 1 aliphatic rings. The number of ether oxygens (including phenoxy) is 1. The maximum atomic E-state index is 10.9. The summed E-state index contributed by atoms with van der Waals surface area (Å²) in [5.74, 6) is -0.546. The lowest BCUT2D eigenvalue weighted by Crippen LogP contribution is -2.50. The topological polar surface area (TPSA) is 67.4 Å². The number of methoxy groups -OCH3 is 1. The molecule has 1 fully saturated rings. The van der Waals surface area contributed by atoms with Gasteiger partial charge >= 0.3 is 12.0 Å². The Labute approximate surface area is 64.1 Å². The Morgan fingerprint density at radius 3 is 2.55 bits per heavy atom. The number of hydrogen-bond donors (Lipinski definition) is 2. The van der Waals surface area contributed by atoms with Gasteiger partial charge in [0.1, 0.15) is 0 Å². The summed E-state index contributed by atoms with van der Waals surface area (Å²) in [7, 11) is 1.33. The van der Waals surface area contributed by atoms with Gasteiger partial charge in [0.05, 0.1) is 13.0 Å². The van der Waals surface area contributed by atoms with Crippen LogP contribution in [0.4, 0.5) is 4.79 Å². The molecule has 1 heterocycles. The Kier molecular flexibility index (Phi) is 2.30. The molecule has 0 unspecified atom stereocenters. The molecule has 0 aromatic carbocycles. The number of nitrogens with one attached hydrogen (secondary N) is 2. The van der Waals surface area contributed by atoms with Crippen LogP contribution in [0.25, 0.3) is 0 Å². The fourth-order valence-corrected chi connectivity index (χ4v) is 0.900. The molecule has 2 N–H and O–H groups in total. The van der Waals surface area contributed by atoms with Crippen molar-refractivity contribution in [2.45, 2.75) is 0 Å². The normalized spacial score (nSPS) is 18.5. The lowest BCUT2D eigenvalue weighted by atomic mass is 10.1. The highest BCUT2D eigenvalue weighted by atomic mass is 16.5. The summed E-state index contributed by atoms with van der Waals surface area (Å²) in [6, 6.07) is -0.231. The number of hydrogen-bond acceptors (Lipinski definition) is 3.